The van der Waals surface area contributed by atoms with Gasteiger partial charge < -0.3 is 4.90 Å². The van der Waals surface area contributed by atoms with Gasteiger partial charge in [0.25, 0.3) is 0 Å². The summed E-state index contributed by atoms with van der Waals surface area (Å²) in [5.41, 5.74) is 4.65. The lowest BCUT2D eigenvalue weighted by Crippen LogP contribution is -2.32. The summed E-state index contributed by atoms with van der Waals surface area (Å²) in [6.07, 6.45) is 4.26. The molecule has 3 heteroatoms. The van der Waals surface area contributed by atoms with Gasteiger partial charge in [-0.15, -0.1) is 0 Å². The minimum atomic E-state index is 0.758. The molecule has 0 saturated carbocycles. The van der Waals surface area contributed by atoms with Crippen LogP contribution in [0.15, 0.2) is 54.6 Å². The van der Waals surface area contributed by atoms with E-state index >= 15 is 0 Å². The largest absolute Gasteiger partial charge is 0.378 e. The van der Waals surface area contributed by atoms with E-state index < -0.39 is 0 Å². The first kappa shape index (κ1) is 15.6. The fourth-order valence-electron chi connectivity index (χ4n) is 2.61. The van der Waals surface area contributed by atoms with Gasteiger partial charge in [-0.25, -0.2) is 0 Å². The first-order chi connectivity index (χ1) is 11.0. The Balaban J connectivity index is 1.93. The van der Waals surface area contributed by atoms with Gasteiger partial charge in [-0.2, -0.15) is 4.57 Å². The molecule has 0 atom stereocenters. The maximum Gasteiger partial charge on any atom is 0.214 e. The van der Waals surface area contributed by atoms with E-state index in [1.165, 1.54) is 16.6 Å². The lowest BCUT2D eigenvalue weighted by Gasteiger charge is -2.11. The number of hydrogen-bond acceptors (Lipinski definition) is 1. The number of hydrogen-bond donors (Lipinski definition) is 0. The molecule has 1 aromatic heterocycles. The lowest BCUT2D eigenvalue weighted by molar-refractivity contribution is -0.646. The van der Waals surface area contributed by atoms with Gasteiger partial charge in [0.15, 0.2) is 0 Å². The average Bonchev–Trinajstić information content (AvgIpc) is 2.55. The van der Waals surface area contributed by atoms with Crippen molar-refractivity contribution >= 4 is 40.3 Å². The van der Waals surface area contributed by atoms with E-state index in [0.717, 1.165) is 16.2 Å². The monoisotopic (exact) mass is 323 g/mol. The lowest BCUT2D eigenvalue weighted by atomic mass is 10.1. The first-order valence-electron chi connectivity index (χ1n) is 7.58. The van der Waals surface area contributed by atoms with Crippen LogP contribution in [0.5, 0.6) is 0 Å². The molecule has 116 valence electrons. The van der Waals surface area contributed by atoms with Crippen molar-refractivity contribution in [2.24, 2.45) is 7.05 Å². The predicted octanol–water partition coefficient (Wildman–Crippen LogP) is 4.55. The minimum absolute atomic E-state index is 0.758. The zero-order valence-electron chi connectivity index (χ0n) is 13.6. The topological polar surface area (TPSA) is 7.12 Å². The number of anilines is 1. The normalized spacial score (nSPS) is 11.3. The Bertz CT molecular complexity index is 865. The molecule has 0 amide bonds. The molecule has 0 unspecified atom stereocenters. The highest BCUT2D eigenvalue weighted by molar-refractivity contribution is 6.31. The van der Waals surface area contributed by atoms with Crippen LogP contribution >= 0.6 is 11.6 Å². The summed E-state index contributed by atoms with van der Waals surface area (Å²) < 4.78 is 2.16. The standard InChI is InChI=1S/C20H20ClN2/c1-22(2)18-10-4-15(5-11-18)6-12-19-13-8-16-7-9-17(21)14-20(16)23(19)3/h4-14H,1-3H3/q+1. The van der Waals surface area contributed by atoms with Crippen molar-refractivity contribution < 1.29 is 4.57 Å². The van der Waals surface area contributed by atoms with Crippen LogP contribution in [-0.4, -0.2) is 14.1 Å². The Morgan fingerprint density at radius 3 is 2.30 bits per heavy atom. The molecular weight excluding hydrogens is 304 g/mol. The summed E-state index contributed by atoms with van der Waals surface area (Å²) >= 11 is 6.12. The number of pyridine rings is 1. The zero-order chi connectivity index (χ0) is 16.4. The van der Waals surface area contributed by atoms with Gasteiger partial charge in [0, 0.05) is 48.4 Å². The molecule has 0 bridgehead atoms. The predicted molar refractivity (Wildman–Crippen MR) is 99.8 cm³/mol. The summed E-state index contributed by atoms with van der Waals surface area (Å²) in [5.74, 6) is 0. The molecule has 0 N–H and O–H groups in total. The van der Waals surface area contributed by atoms with Crippen molar-refractivity contribution in [1.29, 1.82) is 0 Å². The van der Waals surface area contributed by atoms with Crippen molar-refractivity contribution in [2.75, 3.05) is 19.0 Å². The highest BCUT2D eigenvalue weighted by Gasteiger charge is 2.09. The summed E-state index contributed by atoms with van der Waals surface area (Å²) in [4.78, 5) is 2.10. The maximum atomic E-state index is 6.12. The summed E-state index contributed by atoms with van der Waals surface area (Å²) in [5, 5.41) is 1.94. The number of halogens is 1. The molecule has 3 rings (SSSR count). The van der Waals surface area contributed by atoms with Gasteiger partial charge in [0.05, 0.1) is 0 Å². The molecule has 0 aliphatic rings. The van der Waals surface area contributed by atoms with E-state index in [9.17, 15) is 0 Å². The molecule has 1 heterocycles. The van der Waals surface area contributed by atoms with Crippen molar-refractivity contribution in [2.45, 2.75) is 0 Å². The van der Waals surface area contributed by atoms with Crippen LogP contribution < -0.4 is 9.47 Å². The van der Waals surface area contributed by atoms with Gasteiger partial charge in [-0.1, -0.05) is 23.7 Å². The third-order valence-electron chi connectivity index (χ3n) is 4.03. The van der Waals surface area contributed by atoms with Gasteiger partial charge in [-0.3, -0.25) is 0 Å². The van der Waals surface area contributed by atoms with Gasteiger partial charge in [-0.05, 0) is 42.0 Å². The zero-order valence-corrected chi connectivity index (χ0v) is 14.4. The molecule has 0 saturated heterocycles. The number of nitrogens with zero attached hydrogens (tertiary/aromatic N) is 2. The van der Waals surface area contributed by atoms with Crippen LogP contribution in [0.4, 0.5) is 5.69 Å². The Hall–Kier alpha value is -2.32. The van der Waals surface area contributed by atoms with Crippen molar-refractivity contribution in [1.82, 2.24) is 0 Å². The Kier molecular flexibility index (Phi) is 4.35. The molecule has 3 aromatic rings. The van der Waals surface area contributed by atoms with Crippen LogP contribution in [0.25, 0.3) is 23.1 Å². The fourth-order valence-corrected chi connectivity index (χ4v) is 2.77. The van der Waals surface area contributed by atoms with Crippen molar-refractivity contribution in [3.63, 3.8) is 0 Å². The molecule has 2 nitrogen and oxygen atoms in total. The van der Waals surface area contributed by atoms with Crippen LogP contribution in [0.2, 0.25) is 5.02 Å². The Morgan fingerprint density at radius 2 is 1.61 bits per heavy atom. The third kappa shape index (κ3) is 3.38. The van der Waals surface area contributed by atoms with Gasteiger partial charge in [0.1, 0.15) is 7.05 Å². The van der Waals surface area contributed by atoms with Crippen LogP contribution in [0.1, 0.15) is 11.3 Å². The number of benzene rings is 2. The molecule has 0 aliphatic carbocycles. The minimum Gasteiger partial charge on any atom is -0.378 e. The second-order valence-electron chi connectivity index (χ2n) is 5.84. The van der Waals surface area contributed by atoms with E-state index in [0.29, 0.717) is 0 Å². The van der Waals surface area contributed by atoms with E-state index in [1.54, 1.807) is 0 Å². The maximum absolute atomic E-state index is 6.12. The van der Waals surface area contributed by atoms with E-state index in [2.05, 4.69) is 65.1 Å². The van der Waals surface area contributed by atoms with E-state index in [4.69, 9.17) is 11.6 Å². The Morgan fingerprint density at radius 1 is 0.913 bits per heavy atom. The number of aryl methyl sites for hydroxylation is 1. The average molecular weight is 324 g/mol. The molecule has 2 aromatic carbocycles. The quantitative estimate of drug-likeness (QED) is 0.641. The van der Waals surface area contributed by atoms with Gasteiger partial charge >= 0.3 is 0 Å². The summed E-state index contributed by atoms with van der Waals surface area (Å²) in [6.45, 7) is 0. The second-order valence-corrected chi connectivity index (χ2v) is 6.28. The molecule has 23 heavy (non-hydrogen) atoms. The molecule has 0 spiro atoms. The van der Waals surface area contributed by atoms with Crippen LogP contribution in [0, 0.1) is 0 Å². The SMILES string of the molecule is CN(C)c1ccc(C=Cc2ccc3ccc(Cl)cc3[n+]2C)cc1. The molecule has 0 aliphatic heterocycles. The van der Waals surface area contributed by atoms with Gasteiger partial charge in [0.2, 0.25) is 11.2 Å². The Labute approximate surface area is 142 Å². The molecule has 0 radical (unpaired) electrons. The fraction of sp³-hybridized carbons (Fsp3) is 0.150. The first-order valence-corrected chi connectivity index (χ1v) is 7.96. The van der Waals surface area contributed by atoms with E-state index in [-0.39, 0.29) is 0 Å². The third-order valence-corrected chi connectivity index (χ3v) is 4.27. The summed E-state index contributed by atoms with van der Waals surface area (Å²) in [7, 11) is 6.16. The molecule has 0 fully saturated rings. The van der Waals surface area contributed by atoms with Crippen LogP contribution in [0.3, 0.4) is 0 Å². The van der Waals surface area contributed by atoms with Crippen molar-refractivity contribution in [3.05, 3.63) is 70.9 Å². The van der Waals surface area contributed by atoms with Crippen molar-refractivity contribution in [3.8, 4) is 0 Å². The highest BCUT2D eigenvalue weighted by Crippen LogP contribution is 2.18. The molecular formula is C20H20ClN2+. The van der Waals surface area contributed by atoms with E-state index in [1.807, 2.05) is 32.3 Å². The summed E-state index contributed by atoms with van der Waals surface area (Å²) in [6, 6.07) is 18.7. The number of fused-ring (bicyclic) bond motifs is 1. The number of aromatic nitrogens is 1. The smallest absolute Gasteiger partial charge is 0.214 e. The van der Waals surface area contributed by atoms with Crippen LogP contribution in [-0.2, 0) is 7.05 Å². The highest BCUT2D eigenvalue weighted by atomic mass is 35.5. The number of rotatable bonds is 3. The second kappa shape index (κ2) is 6.43.